The molecule has 2 aromatic heterocycles. The third-order valence-electron chi connectivity index (χ3n) is 5.76. The molecule has 0 saturated carbocycles. The number of rotatable bonds is 7. The Balaban J connectivity index is 1.31. The van der Waals surface area contributed by atoms with Crippen molar-refractivity contribution in [1.82, 2.24) is 25.0 Å². The number of nitrogens with one attached hydrogen (secondary N) is 1. The van der Waals surface area contributed by atoms with E-state index in [2.05, 4.69) is 26.4 Å². The van der Waals surface area contributed by atoms with E-state index >= 15 is 0 Å². The van der Waals surface area contributed by atoms with Crippen LogP contribution in [0.4, 0.5) is 0 Å². The SMILES string of the molecule is Cn1cc(C(=O)NCc2ccccc2)c(CC2CCN(Cc3cccnc3)CC2)n1. The predicted molar refractivity (Wildman–Crippen MR) is 117 cm³/mol. The number of hydrogen-bond donors (Lipinski definition) is 1. The maximum absolute atomic E-state index is 12.8. The second kappa shape index (κ2) is 9.67. The first kappa shape index (κ1) is 20.3. The number of aromatic nitrogens is 3. The normalized spacial score (nSPS) is 15.2. The van der Waals surface area contributed by atoms with Gasteiger partial charge >= 0.3 is 0 Å². The lowest BCUT2D eigenvalue weighted by Crippen LogP contribution is -2.34. The van der Waals surface area contributed by atoms with E-state index < -0.39 is 0 Å². The largest absolute Gasteiger partial charge is 0.348 e. The Morgan fingerprint density at radius 2 is 1.87 bits per heavy atom. The summed E-state index contributed by atoms with van der Waals surface area (Å²) in [6.45, 7) is 3.63. The molecule has 1 aliphatic heterocycles. The first-order chi connectivity index (χ1) is 14.7. The molecule has 0 unspecified atom stereocenters. The minimum atomic E-state index is -0.0454. The van der Waals surface area contributed by atoms with Crippen LogP contribution in [0.2, 0.25) is 0 Å². The van der Waals surface area contributed by atoms with Crippen molar-refractivity contribution in [3.8, 4) is 0 Å². The fraction of sp³-hybridized carbons (Fsp3) is 0.375. The van der Waals surface area contributed by atoms with E-state index in [9.17, 15) is 4.79 Å². The second-order valence-corrected chi connectivity index (χ2v) is 8.12. The van der Waals surface area contributed by atoms with Crippen LogP contribution in [0.3, 0.4) is 0 Å². The number of amides is 1. The molecule has 0 bridgehead atoms. The van der Waals surface area contributed by atoms with Crippen LogP contribution in [0.5, 0.6) is 0 Å². The number of carbonyl (C=O) groups is 1. The number of likely N-dealkylation sites (tertiary alicyclic amines) is 1. The van der Waals surface area contributed by atoms with Gasteiger partial charge in [-0.1, -0.05) is 36.4 Å². The van der Waals surface area contributed by atoms with Crippen LogP contribution in [0.1, 0.15) is 40.0 Å². The summed E-state index contributed by atoms with van der Waals surface area (Å²) in [5.74, 6) is 0.515. The van der Waals surface area contributed by atoms with Crippen LogP contribution < -0.4 is 5.32 Å². The summed E-state index contributed by atoms with van der Waals surface area (Å²) in [6, 6.07) is 14.1. The van der Waals surface area contributed by atoms with Crippen molar-refractivity contribution in [3.05, 3.63) is 83.4 Å². The van der Waals surface area contributed by atoms with Gasteiger partial charge in [-0.3, -0.25) is 19.4 Å². The summed E-state index contributed by atoms with van der Waals surface area (Å²) in [5.41, 5.74) is 3.97. The van der Waals surface area contributed by atoms with Gasteiger partial charge in [-0.2, -0.15) is 5.10 Å². The second-order valence-electron chi connectivity index (χ2n) is 8.12. The Hall–Kier alpha value is -2.99. The van der Waals surface area contributed by atoms with E-state index in [0.717, 1.165) is 50.2 Å². The molecule has 1 aliphatic rings. The number of aryl methyl sites for hydroxylation is 1. The van der Waals surface area contributed by atoms with Crippen LogP contribution in [0.25, 0.3) is 0 Å². The molecule has 1 saturated heterocycles. The van der Waals surface area contributed by atoms with Gasteiger partial charge in [0.05, 0.1) is 11.3 Å². The van der Waals surface area contributed by atoms with E-state index in [1.807, 2.05) is 62.0 Å². The highest BCUT2D eigenvalue weighted by Crippen LogP contribution is 2.23. The van der Waals surface area contributed by atoms with Gasteiger partial charge < -0.3 is 5.32 Å². The van der Waals surface area contributed by atoms with Crippen LogP contribution in [0, 0.1) is 5.92 Å². The minimum Gasteiger partial charge on any atom is -0.348 e. The lowest BCUT2D eigenvalue weighted by atomic mass is 9.91. The van der Waals surface area contributed by atoms with Crippen molar-refractivity contribution in [1.29, 1.82) is 0 Å². The number of piperidine rings is 1. The molecule has 30 heavy (non-hydrogen) atoms. The summed E-state index contributed by atoms with van der Waals surface area (Å²) in [5, 5.41) is 7.64. The molecule has 156 valence electrons. The molecule has 1 aromatic carbocycles. The van der Waals surface area contributed by atoms with E-state index in [0.29, 0.717) is 18.0 Å². The summed E-state index contributed by atoms with van der Waals surface area (Å²) in [4.78, 5) is 19.5. The molecular formula is C24H29N5O. The van der Waals surface area contributed by atoms with Gasteiger partial charge in [0.1, 0.15) is 0 Å². The number of benzene rings is 1. The first-order valence-electron chi connectivity index (χ1n) is 10.6. The molecule has 6 nitrogen and oxygen atoms in total. The zero-order valence-electron chi connectivity index (χ0n) is 17.5. The number of nitrogens with zero attached hydrogens (tertiary/aromatic N) is 4. The Bertz CT molecular complexity index is 946. The third kappa shape index (κ3) is 5.33. The first-order valence-corrected chi connectivity index (χ1v) is 10.6. The average molecular weight is 404 g/mol. The van der Waals surface area contributed by atoms with E-state index in [-0.39, 0.29) is 5.91 Å². The molecule has 3 heterocycles. The minimum absolute atomic E-state index is 0.0454. The maximum Gasteiger partial charge on any atom is 0.255 e. The van der Waals surface area contributed by atoms with Gasteiger partial charge in [0, 0.05) is 38.7 Å². The molecule has 6 heteroatoms. The van der Waals surface area contributed by atoms with E-state index in [4.69, 9.17) is 0 Å². The van der Waals surface area contributed by atoms with Crippen molar-refractivity contribution in [2.24, 2.45) is 13.0 Å². The van der Waals surface area contributed by atoms with Crippen LogP contribution in [-0.2, 0) is 26.6 Å². The summed E-state index contributed by atoms with van der Waals surface area (Å²) < 4.78 is 1.75. The molecule has 0 atom stereocenters. The van der Waals surface area contributed by atoms with Gasteiger partial charge in [-0.15, -0.1) is 0 Å². The molecule has 0 radical (unpaired) electrons. The fourth-order valence-electron chi connectivity index (χ4n) is 4.12. The summed E-state index contributed by atoms with van der Waals surface area (Å²) >= 11 is 0. The van der Waals surface area contributed by atoms with Crippen LogP contribution in [0.15, 0.2) is 61.1 Å². The number of hydrogen-bond acceptors (Lipinski definition) is 4. The zero-order chi connectivity index (χ0) is 20.8. The van der Waals surface area contributed by atoms with E-state index in [1.54, 1.807) is 4.68 Å². The molecule has 1 N–H and O–H groups in total. The summed E-state index contributed by atoms with van der Waals surface area (Å²) in [6.07, 6.45) is 8.71. The molecular weight excluding hydrogens is 374 g/mol. The Labute approximate surface area is 177 Å². The highest BCUT2D eigenvalue weighted by Gasteiger charge is 2.23. The highest BCUT2D eigenvalue weighted by atomic mass is 16.1. The Morgan fingerprint density at radius 1 is 1.10 bits per heavy atom. The fourth-order valence-corrected chi connectivity index (χ4v) is 4.12. The smallest absolute Gasteiger partial charge is 0.255 e. The molecule has 0 spiro atoms. The van der Waals surface area contributed by atoms with Gasteiger partial charge in [0.2, 0.25) is 0 Å². The van der Waals surface area contributed by atoms with Gasteiger partial charge in [0.25, 0.3) is 5.91 Å². The molecule has 3 aromatic rings. The molecule has 0 aliphatic carbocycles. The van der Waals surface area contributed by atoms with Crippen molar-refractivity contribution in [3.63, 3.8) is 0 Å². The molecule has 4 rings (SSSR count). The van der Waals surface area contributed by atoms with Gasteiger partial charge in [0.15, 0.2) is 0 Å². The quantitative estimate of drug-likeness (QED) is 0.658. The monoisotopic (exact) mass is 403 g/mol. The Morgan fingerprint density at radius 3 is 2.60 bits per heavy atom. The molecule has 1 fully saturated rings. The topological polar surface area (TPSA) is 63.1 Å². The number of pyridine rings is 1. The lowest BCUT2D eigenvalue weighted by Gasteiger charge is -2.31. The average Bonchev–Trinajstić information content (AvgIpc) is 3.15. The number of carbonyl (C=O) groups excluding carboxylic acids is 1. The lowest BCUT2D eigenvalue weighted by molar-refractivity contribution is 0.0949. The molecule has 1 amide bonds. The standard InChI is InChI=1S/C24H29N5O/c1-28-18-22(24(30)26-16-20-6-3-2-4-7-20)23(27-28)14-19-9-12-29(13-10-19)17-21-8-5-11-25-15-21/h2-8,11,15,18-19H,9-10,12-14,16-17H2,1H3,(H,26,30). The van der Waals surface area contributed by atoms with Crippen molar-refractivity contribution in [2.45, 2.75) is 32.4 Å². The van der Waals surface area contributed by atoms with Gasteiger partial charge in [-0.05, 0) is 55.5 Å². The highest BCUT2D eigenvalue weighted by molar-refractivity contribution is 5.95. The van der Waals surface area contributed by atoms with E-state index in [1.165, 1.54) is 5.56 Å². The van der Waals surface area contributed by atoms with Crippen molar-refractivity contribution in [2.75, 3.05) is 13.1 Å². The van der Waals surface area contributed by atoms with Crippen molar-refractivity contribution < 1.29 is 4.79 Å². The van der Waals surface area contributed by atoms with Crippen LogP contribution in [-0.4, -0.2) is 38.7 Å². The zero-order valence-corrected chi connectivity index (χ0v) is 17.5. The third-order valence-corrected chi connectivity index (χ3v) is 5.76. The Kier molecular flexibility index (Phi) is 6.54. The predicted octanol–water partition coefficient (Wildman–Crippen LogP) is 3.20. The van der Waals surface area contributed by atoms with Crippen LogP contribution >= 0.6 is 0 Å². The summed E-state index contributed by atoms with van der Waals surface area (Å²) in [7, 11) is 1.88. The maximum atomic E-state index is 12.8. The van der Waals surface area contributed by atoms with Crippen molar-refractivity contribution >= 4 is 5.91 Å². The van der Waals surface area contributed by atoms with Gasteiger partial charge in [-0.25, -0.2) is 0 Å².